The number of rotatable bonds is 2. The molecule has 1 amide bonds. The van der Waals surface area contributed by atoms with E-state index in [-0.39, 0.29) is 11.9 Å². The number of hydrogen-bond acceptors (Lipinski definition) is 1. The average Bonchev–Trinajstić information content (AvgIpc) is 2.58. The molecule has 1 aromatic rings. The molecule has 0 bridgehead atoms. The van der Waals surface area contributed by atoms with E-state index in [0.717, 1.165) is 6.54 Å². The van der Waals surface area contributed by atoms with E-state index in [4.69, 9.17) is 0 Å². The van der Waals surface area contributed by atoms with Crippen molar-refractivity contribution < 1.29 is 4.79 Å². The molecule has 2 rings (SSSR count). The Morgan fingerprint density at radius 2 is 2.07 bits per heavy atom. The summed E-state index contributed by atoms with van der Waals surface area (Å²) >= 11 is 3.50. The van der Waals surface area contributed by atoms with E-state index < -0.39 is 0 Å². The Morgan fingerprint density at radius 1 is 1.40 bits per heavy atom. The maximum atomic E-state index is 11.7. The van der Waals surface area contributed by atoms with E-state index in [1.54, 1.807) is 0 Å². The van der Waals surface area contributed by atoms with Crippen LogP contribution < -0.4 is 0 Å². The summed E-state index contributed by atoms with van der Waals surface area (Å²) in [6, 6.07) is 10.3. The maximum Gasteiger partial charge on any atom is 0.224 e. The predicted octanol–water partition coefficient (Wildman–Crippen LogP) is 2.74. The highest BCUT2D eigenvalue weighted by molar-refractivity contribution is 9.09. The standard InChI is InChI=1S/C12H14BrNO/c1-9(10-5-3-2-4-6-10)14-8-11(13)7-12(14)15/h2-6,9,11H,7-8H2,1H3. The Kier molecular flexibility index (Phi) is 3.10. The molecule has 1 aliphatic heterocycles. The van der Waals surface area contributed by atoms with Crippen LogP contribution in [0.3, 0.4) is 0 Å². The molecule has 3 heteroatoms. The zero-order valence-electron chi connectivity index (χ0n) is 8.69. The molecule has 0 spiro atoms. The number of carbonyl (C=O) groups excluding carboxylic acids is 1. The molecular weight excluding hydrogens is 254 g/mol. The molecule has 0 saturated carbocycles. The Bertz CT molecular complexity index is 352. The molecule has 2 unspecified atom stereocenters. The molecule has 15 heavy (non-hydrogen) atoms. The van der Waals surface area contributed by atoms with Crippen LogP contribution in [-0.4, -0.2) is 22.2 Å². The van der Waals surface area contributed by atoms with Gasteiger partial charge in [0.15, 0.2) is 0 Å². The van der Waals surface area contributed by atoms with Crippen LogP contribution in [0.1, 0.15) is 24.9 Å². The molecule has 1 aliphatic rings. The third kappa shape index (κ3) is 2.23. The van der Waals surface area contributed by atoms with Crippen LogP contribution in [0.15, 0.2) is 30.3 Å². The van der Waals surface area contributed by atoms with Gasteiger partial charge in [-0.15, -0.1) is 0 Å². The molecule has 0 aliphatic carbocycles. The second-order valence-corrected chi connectivity index (χ2v) is 5.23. The van der Waals surface area contributed by atoms with Crippen LogP contribution in [0.2, 0.25) is 0 Å². The number of alkyl halides is 1. The number of amides is 1. The summed E-state index contributed by atoms with van der Waals surface area (Å²) in [5.74, 6) is 0.244. The Balaban J connectivity index is 2.15. The van der Waals surface area contributed by atoms with E-state index in [2.05, 4.69) is 35.0 Å². The van der Waals surface area contributed by atoms with Crippen molar-refractivity contribution in [2.75, 3.05) is 6.54 Å². The van der Waals surface area contributed by atoms with Crippen LogP contribution in [0.5, 0.6) is 0 Å². The monoisotopic (exact) mass is 267 g/mol. The molecule has 80 valence electrons. The van der Waals surface area contributed by atoms with E-state index in [9.17, 15) is 4.79 Å². The largest absolute Gasteiger partial charge is 0.335 e. The lowest BCUT2D eigenvalue weighted by Gasteiger charge is -2.24. The molecule has 1 saturated heterocycles. The van der Waals surface area contributed by atoms with Gasteiger partial charge in [0.05, 0.1) is 6.04 Å². The minimum absolute atomic E-state index is 0.182. The number of nitrogens with zero attached hydrogens (tertiary/aromatic N) is 1. The van der Waals surface area contributed by atoms with Gasteiger partial charge in [0, 0.05) is 17.8 Å². The highest BCUT2D eigenvalue weighted by atomic mass is 79.9. The number of likely N-dealkylation sites (tertiary alicyclic amines) is 1. The summed E-state index contributed by atoms with van der Waals surface area (Å²) in [6.45, 7) is 2.90. The third-order valence-electron chi connectivity index (χ3n) is 2.86. The summed E-state index contributed by atoms with van der Waals surface area (Å²) in [5, 5.41) is 0. The van der Waals surface area contributed by atoms with E-state index in [1.807, 2.05) is 23.1 Å². The average molecular weight is 268 g/mol. The van der Waals surface area contributed by atoms with Crippen molar-refractivity contribution in [2.45, 2.75) is 24.2 Å². The SMILES string of the molecule is CC(c1ccccc1)N1CC(Br)CC1=O. The van der Waals surface area contributed by atoms with Gasteiger partial charge in [-0.1, -0.05) is 46.3 Å². The lowest BCUT2D eigenvalue weighted by molar-refractivity contribution is -0.129. The fourth-order valence-corrected chi connectivity index (χ4v) is 2.56. The normalized spacial score (nSPS) is 23.2. The summed E-state index contributed by atoms with van der Waals surface area (Å²) < 4.78 is 0. The highest BCUT2D eigenvalue weighted by Crippen LogP contribution is 2.28. The first-order chi connectivity index (χ1) is 7.18. The first kappa shape index (κ1) is 10.7. The number of carbonyl (C=O) groups is 1. The Hall–Kier alpha value is -0.830. The lowest BCUT2D eigenvalue weighted by Crippen LogP contribution is -2.28. The molecule has 1 heterocycles. The second kappa shape index (κ2) is 4.35. The van der Waals surface area contributed by atoms with E-state index >= 15 is 0 Å². The van der Waals surface area contributed by atoms with Crippen LogP contribution in [-0.2, 0) is 4.79 Å². The molecule has 0 N–H and O–H groups in total. The molecule has 1 fully saturated rings. The summed E-state index contributed by atoms with van der Waals surface area (Å²) in [7, 11) is 0. The first-order valence-corrected chi connectivity index (χ1v) is 6.08. The van der Waals surface area contributed by atoms with Crippen LogP contribution >= 0.6 is 15.9 Å². The van der Waals surface area contributed by atoms with Crippen molar-refractivity contribution in [3.63, 3.8) is 0 Å². The number of hydrogen-bond donors (Lipinski definition) is 0. The van der Waals surface area contributed by atoms with Crippen LogP contribution in [0.4, 0.5) is 0 Å². The van der Waals surface area contributed by atoms with Crippen molar-refractivity contribution in [2.24, 2.45) is 0 Å². The molecule has 2 nitrogen and oxygen atoms in total. The van der Waals surface area contributed by atoms with Gasteiger partial charge in [-0.2, -0.15) is 0 Å². The van der Waals surface area contributed by atoms with Crippen LogP contribution in [0.25, 0.3) is 0 Å². The summed E-state index contributed by atoms with van der Waals surface area (Å²) in [4.78, 5) is 14.0. The molecule has 0 aromatic heterocycles. The molecule has 1 aromatic carbocycles. The smallest absolute Gasteiger partial charge is 0.224 e. The van der Waals surface area contributed by atoms with E-state index in [0.29, 0.717) is 11.2 Å². The van der Waals surface area contributed by atoms with Crippen molar-refractivity contribution in [1.82, 2.24) is 4.90 Å². The van der Waals surface area contributed by atoms with Gasteiger partial charge in [-0.05, 0) is 12.5 Å². The van der Waals surface area contributed by atoms with Crippen molar-refractivity contribution in [3.05, 3.63) is 35.9 Å². The Morgan fingerprint density at radius 3 is 2.60 bits per heavy atom. The second-order valence-electron chi connectivity index (χ2n) is 3.93. The first-order valence-electron chi connectivity index (χ1n) is 5.17. The quantitative estimate of drug-likeness (QED) is 0.755. The summed E-state index contributed by atoms with van der Waals surface area (Å²) in [5.41, 5.74) is 1.20. The molecule has 2 atom stereocenters. The zero-order chi connectivity index (χ0) is 10.8. The van der Waals surface area contributed by atoms with Gasteiger partial charge in [0.1, 0.15) is 0 Å². The van der Waals surface area contributed by atoms with Crippen molar-refractivity contribution in [1.29, 1.82) is 0 Å². The fourth-order valence-electron chi connectivity index (χ4n) is 1.97. The number of benzene rings is 1. The minimum atomic E-state index is 0.182. The molecule has 0 radical (unpaired) electrons. The maximum absolute atomic E-state index is 11.7. The highest BCUT2D eigenvalue weighted by Gasteiger charge is 2.31. The van der Waals surface area contributed by atoms with Gasteiger partial charge in [0.25, 0.3) is 0 Å². The van der Waals surface area contributed by atoms with E-state index in [1.165, 1.54) is 5.56 Å². The minimum Gasteiger partial charge on any atom is -0.335 e. The van der Waals surface area contributed by atoms with Crippen molar-refractivity contribution >= 4 is 21.8 Å². The third-order valence-corrected chi connectivity index (χ3v) is 3.47. The number of halogens is 1. The van der Waals surface area contributed by atoms with Gasteiger partial charge in [-0.25, -0.2) is 0 Å². The van der Waals surface area contributed by atoms with Gasteiger partial charge >= 0.3 is 0 Å². The van der Waals surface area contributed by atoms with Gasteiger partial charge in [0.2, 0.25) is 5.91 Å². The fraction of sp³-hybridized carbons (Fsp3) is 0.417. The van der Waals surface area contributed by atoms with Crippen molar-refractivity contribution in [3.8, 4) is 0 Å². The zero-order valence-corrected chi connectivity index (χ0v) is 10.3. The summed E-state index contributed by atoms with van der Waals surface area (Å²) in [6.07, 6.45) is 0.622. The van der Waals surface area contributed by atoms with Gasteiger partial charge < -0.3 is 4.90 Å². The van der Waals surface area contributed by atoms with Gasteiger partial charge in [-0.3, -0.25) is 4.79 Å². The molecular formula is C12H14BrNO. The Labute approximate surface area is 98.4 Å². The van der Waals surface area contributed by atoms with Crippen LogP contribution in [0, 0.1) is 0 Å². The lowest BCUT2D eigenvalue weighted by atomic mass is 10.1. The predicted molar refractivity (Wildman–Crippen MR) is 63.9 cm³/mol. The topological polar surface area (TPSA) is 20.3 Å².